The van der Waals surface area contributed by atoms with Gasteiger partial charge in [0.15, 0.2) is 5.03 Å². The summed E-state index contributed by atoms with van der Waals surface area (Å²) in [5.74, 6) is 3.04. The van der Waals surface area contributed by atoms with Crippen molar-refractivity contribution >= 4 is 34.8 Å². The third-order valence-corrected chi connectivity index (χ3v) is 2.83. The Labute approximate surface area is 111 Å². The van der Waals surface area contributed by atoms with Crippen LogP contribution in [-0.4, -0.2) is 16.6 Å². The van der Waals surface area contributed by atoms with Crippen LogP contribution in [0.3, 0.4) is 0 Å². The maximum Gasteiger partial charge on any atom is 0.206 e. The molecule has 1 aliphatic carbocycles. The highest BCUT2D eigenvalue weighted by molar-refractivity contribution is 6.59. The summed E-state index contributed by atoms with van der Waals surface area (Å²) in [6.45, 7) is 0. The van der Waals surface area contributed by atoms with Crippen LogP contribution in [0.25, 0.3) is 0 Å². The minimum absolute atomic E-state index is 0.199. The number of nitro groups is 1. The molecular weight excluding hydrogens is 283 g/mol. The minimum Gasteiger partial charge on any atom is -0.288 e. The highest BCUT2D eigenvalue weighted by atomic mass is 35.5. The number of carbonyl (C=O) groups is 2. The Morgan fingerprint density at radius 2 is 1.28 bits per heavy atom. The van der Waals surface area contributed by atoms with Gasteiger partial charge in [-0.3, -0.25) is 9.59 Å². The number of hydrogen-bond donors (Lipinski definition) is 1. The van der Waals surface area contributed by atoms with Gasteiger partial charge in [0.25, 0.3) is 0 Å². The Kier molecular flexibility index (Phi) is 4.41. The zero-order valence-corrected chi connectivity index (χ0v) is 10.2. The second-order valence-corrected chi connectivity index (χ2v) is 3.87. The summed E-state index contributed by atoms with van der Waals surface area (Å²) in [6.07, 6.45) is 0. The molecule has 0 aromatic heterocycles. The smallest absolute Gasteiger partial charge is 0.206 e. The summed E-state index contributed by atoms with van der Waals surface area (Å²) in [5, 5.41) is 7.19. The van der Waals surface area contributed by atoms with E-state index in [0.29, 0.717) is 11.1 Å². The Balaban J connectivity index is 0.000000357. The van der Waals surface area contributed by atoms with Gasteiger partial charge in [0.2, 0.25) is 11.6 Å². The van der Waals surface area contributed by atoms with Crippen molar-refractivity contribution in [3.05, 3.63) is 55.6 Å². The van der Waals surface area contributed by atoms with Crippen molar-refractivity contribution in [3.8, 4) is 0 Å². The first-order chi connectivity index (χ1) is 8.36. The Morgan fingerprint density at radius 3 is 1.56 bits per heavy atom. The fourth-order valence-corrected chi connectivity index (χ4v) is 1.69. The lowest BCUT2D eigenvalue weighted by Crippen LogP contribution is -2.17. The van der Waals surface area contributed by atoms with Crippen molar-refractivity contribution in [2.45, 2.75) is 0 Å². The van der Waals surface area contributed by atoms with Crippen LogP contribution < -0.4 is 5.84 Å². The average Bonchev–Trinajstić information content (AvgIpc) is 2.33. The van der Waals surface area contributed by atoms with Crippen LogP contribution in [-0.2, 0) is 0 Å². The van der Waals surface area contributed by atoms with E-state index in [1.807, 2.05) is 0 Å². The van der Waals surface area contributed by atoms with E-state index in [1.54, 1.807) is 24.3 Å². The van der Waals surface area contributed by atoms with E-state index in [2.05, 4.69) is 5.84 Å². The number of Topliss-reactive ketones (excluding diaryl/α,β-unsaturated/α-hetero) is 2. The van der Waals surface area contributed by atoms with Gasteiger partial charge in [-0.05, 0) is 0 Å². The quantitative estimate of drug-likeness (QED) is 0.446. The summed E-state index contributed by atoms with van der Waals surface area (Å²) in [5.41, 5.74) is 0.624. The van der Waals surface area contributed by atoms with Gasteiger partial charge in [0, 0.05) is 11.1 Å². The van der Waals surface area contributed by atoms with Gasteiger partial charge in [0.1, 0.15) is 10.1 Å². The first-order valence-electron chi connectivity index (χ1n) is 4.49. The normalized spacial score (nSPS) is 13.7. The lowest BCUT2D eigenvalue weighted by molar-refractivity contribution is -0.491. The summed E-state index contributed by atoms with van der Waals surface area (Å²) < 4.78 is 0. The molecule has 0 unspecified atom stereocenters. The molecule has 0 atom stereocenters. The average molecular weight is 289 g/mol. The number of allylic oxidation sites excluding steroid dienone is 2. The highest BCUT2D eigenvalue weighted by Gasteiger charge is 2.29. The van der Waals surface area contributed by atoms with Gasteiger partial charge < -0.3 is 0 Å². The molecule has 6 nitrogen and oxygen atoms in total. The van der Waals surface area contributed by atoms with Crippen molar-refractivity contribution < 1.29 is 14.6 Å². The molecule has 1 aliphatic rings. The molecule has 94 valence electrons. The van der Waals surface area contributed by atoms with Crippen molar-refractivity contribution in [2.24, 2.45) is 5.84 Å². The number of nitrogens with two attached hydrogens (primary N) is 1. The fourth-order valence-electron chi connectivity index (χ4n) is 1.31. The monoisotopic (exact) mass is 288 g/mol. The first kappa shape index (κ1) is 14.1. The SMILES string of the molecule is N[N+](=O)[O-].O=C1C(Cl)=C(Cl)C(=O)c2ccccc21. The molecule has 2 rings (SSSR count). The van der Waals surface area contributed by atoms with Gasteiger partial charge in [0.05, 0.1) is 0 Å². The van der Waals surface area contributed by atoms with E-state index in [-0.39, 0.29) is 10.1 Å². The molecule has 8 heteroatoms. The molecular formula is C10H6Cl2N2O4. The van der Waals surface area contributed by atoms with E-state index in [0.717, 1.165) is 0 Å². The Hall–Kier alpha value is -1.92. The Morgan fingerprint density at radius 1 is 1.00 bits per heavy atom. The van der Waals surface area contributed by atoms with Gasteiger partial charge in [-0.2, -0.15) is 5.84 Å². The van der Waals surface area contributed by atoms with Crippen molar-refractivity contribution in [1.29, 1.82) is 0 Å². The number of rotatable bonds is 0. The Bertz CT molecular complexity index is 522. The van der Waals surface area contributed by atoms with E-state index < -0.39 is 16.6 Å². The number of carbonyl (C=O) groups excluding carboxylic acids is 2. The van der Waals surface area contributed by atoms with Crippen LogP contribution >= 0.6 is 23.2 Å². The van der Waals surface area contributed by atoms with Crippen LogP contribution in [0.15, 0.2) is 34.3 Å². The number of ketones is 2. The molecule has 0 heterocycles. The topological polar surface area (TPSA) is 103 Å². The number of halogens is 2. The standard InChI is InChI=1S/C10H4Cl2O2.H2N2O2/c11-7-8(12)10(14)6-4-2-1-3-5(6)9(7)13;1-2(3)4/h1-4H;1H2. The maximum absolute atomic E-state index is 11.5. The molecule has 1 aromatic rings. The second kappa shape index (κ2) is 5.61. The number of fused-ring (bicyclic) bond motifs is 1. The summed E-state index contributed by atoms with van der Waals surface area (Å²) in [7, 11) is 0. The molecule has 2 N–H and O–H groups in total. The van der Waals surface area contributed by atoms with Gasteiger partial charge in [-0.1, -0.05) is 47.5 Å². The third-order valence-electron chi connectivity index (χ3n) is 2.01. The first-order valence-corrected chi connectivity index (χ1v) is 5.24. The number of nitrogens with zero attached hydrogens (tertiary/aromatic N) is 1. The molecule has 1 aromatic carbocycles. The van der Waals surface area contributed by atoms with E-state index in [9.17, 15) is 9.59 Å². The summed E-state index contributed by atoms with van der Waals surface area (Å²) >= 11 is 11.2. The van der Waals surface area contributed by atoms with Crippen LogP contribution in [0.5, 0.6) is 0 Å². The van der Waals surface area contributed by atoms with Crippen LogP contribution in [0.2, 0.25) is 0 Å². The molecule has 0 saturated heterocycles. The number of benzene rings is 1. The minimum atomic E-state index is -1.00. The third kappa shape index (κ3) is 2.85. The van der Waals surface area contributed by atoms with Gasteiger partial charge >= 0.3 is 0 Å². The van der Waals surface area contributed by atoms with Crippen LogP contribution in [0, 0.1) is 10.1 Å². The van der Waals surface area contributed by atoms with Crippen LogP contribution in [0.4, 0.5) is 0 Å². The predicted molar refractivity (Wildman–Crippen MR) is 65.0 cm³/mol. The highest BCUT2D eigenvalue weighted by Crippen LogP contribution is 2.30. The fraction of sp³-hybridized carbons (Fsp3) is 0. The largest absolute Gasteiger partial charge is 0.288 e. The molecule has 0 amide bonds. The summed E-state index contributed by atoms with van der Waals surface area (Å²) in [6, 6.07) is 6.46. The maximum atomic E-state index is 11.5. The van der Waals surface area contributed by atoms with Gasteiger partial charge in [-0.25, -0.2) is 10.1 Å². The molecule has 0 aliphatic heterocycles. The zero-order chi connectivity index (χ0) is 13.9. The van der Waals surface area contributed by atoms with Crippen molar-refractivity contribution in [3.63, 3.8) is 0 Å². The van der Waals surface area contributed by atoms with E-state index in [1.165, 1.54) is 0 Å². The summed E-state index contributed by atoms with van der Waals surface area (Å²) in [4.78, 5) is 31.7. The molecule has 0 saturated carbocycles. The molecule has 0 fully saturated rings. The van der Waals surface area contributed by atoms with Gasteiger partial charge in [-0.15, -0.1) is 0 Å². The van der Waals surface area contributed by atoms with E-state index in [4.69, 9.17) is 33.3 Å². The number of hydrogen-bond acceptors (Lipinski definition) is 4. The predicted octanol–water partition coefficient (Wildman–Crippen LogP) is 1.89. The molecule has 0 bridgehead atoms. The zero-order valence-electron chi connectivity index (χ0n) is 8.72. The van der Waals surface area contributed by atoms with E-state index >= 15 is 0 Å². The number of hydrazine groups is 1. The van der Waals surface area contributed by atoms with Crippen molar-refractivity contribution in [1.82, 2.24) is 0 Å². The van der Waals surface area contributed by atoms with Crippen molar-refractivity contribution in [2.75, 3.05) is 0 Å². The van der Waals surface area contributed by atoms with Crippen LogP contribution in [0.1, 0.15) is 20.7 Å². The second-order valence-electron chi connectivity index (χ2n) is 3.12. The molecule has 18 heavy (non-hydrogen) atoms. The molecule has 0 radical (unpaired) electrons. The lowest BCUT2D eigenvalue weighted by Gasteiger charge is -2.12. The lowest BCUT2D eigenvalue weighted by atomic mass is 9.95. The molecule has 0 spiro atoms.